The van der Waals surface area contributed by atoms with Gasteiger partial charge >= 0.3 is 0 Å². The lowest BCUT2D eigenvalue weighted by Crippen LogP contribution is -2.46. The molecule has 0 aromatic rings. The first kappa shape index (κ1) is 53.3. The predicted molar refractivity (Wildman–Crippen MR) is 209 cm³/mol. The Morgan fingerprint density at radius 2 is 0.682 bits per heavy atom. The van der Waals surface area contributed by atoms with Crippen LogP contribution in [0.25, 0.3) is 0 Å². The van der Waals surface area contributed by atoms with Crippen molar-refractivity contribution in [2.24, 2.45) is 11.8 Å². The molecular formula is C39H93N5. The Balaban J connectivity index is -0.000000142. The summed E-state index contributed by atoms with van der Waals surface area (Å²) in [4.78, 5) is 7.58. The van der Waals surface area contributed by atoms with Gasteiger partial charge in [-0.3, -0.25) is 4.90 Å². The molecule has 5 nitrogen and oxygen atoms in total. The van der Waals surface area contributed by atoms with Crippen LogP contribution in [0.3, 0.4) is 0 Å². The average Bonchev–Trinajstić information content (AvgIpc) is 3.63. The van der Waals surface area contributed by atoms with Crippen LogP contribution in [-0.2, 0) is 0 Å². The van der Waals surface area contributed by atoms with Gasteiger partial charge in [0.25, 0.3) is 0 Å². The minimum atomic E-state index is 0. The fourth-order valence-corrected chi connectivity index (χ4v) is 5.40. The Morgan fingerprint density at radius 1 is 0.409 bits per heavy atom. The molecule has 4 heterocycles. The molecule has 0 aromatic carbocycles. The fourth-order valence-electron chi connectivity index (χ4n) is 5.40. The van der Waals surface area contributed by atoms with E-state index in [1.54, 1.807) is 0 Å². The lowest BCUT2D eigenvalue weighted by atomic mass is 9.87. The van der Waals surface area contributed by atoms with Crippen LogP contribution in [0.1, 0.15) is 163 Å². The molecule has 44 heavy (non-hydrogen) atoms. The summed E-state index contributed by atoms with van der Waals surface area (Å²) in [7, 11) is 0. The van der Waals surface area contributed by atoms with Gasteiger partial charge in [0.15, 0.2) is 0 Å². The molecule has 2 N–H and O–H groups in total. The maximum absolute atomic E-state index is 3.37. The average molecular weight is 632 g/mol. The van der Waals surface area contributed by atoms with E-state index < -0.39 is 0 Å². The van der Waals surface area contributed by atoms with Gasteiger partial charge in [-0.2, -0.15) is 0 Å². The molecule has 4 rings (SSSR count). The normalized spacial score (nSPS) is 18.8. The second-order valence-corrected chi connectivity index (χ2v) is 12.2. The summed E-state index contributed by atoms with van der Waals surface area (Å²) >= 11 is 0. The van der Waals surface area contributed by atoms with E-state index in [4.69, 9.17) is 0 Å². The quantitative estimate of drug-likeness (QED) is 0.323. The van der Waals surface area contributed by atoms with E-state index in [1.165, 1.54) is 97.3 Å². The Labute approximate surface area is 283 Å². The van der Waals surface area contributed by atoms with Crippen LogP contribution in [0, 0.1) is 11.8 Å². The third-order valence-corrected chi connectivity index (χ3v) is 8.20. The molecule has 0 unspecified atom stereocenters. The molecule has 0 aromatic heterocycles. The third-order valence-electron chi connectivity index (χ3n) is 8.20. The largest absolute Gasteiger partial charge is 0.317 e. The van der Waals surface area contributed by atoms with Gasteiger partial charge in [0.2, 0.25) is 0 Å². The van der Waals surface area contributed by atoms with Crippen molar-refractivity contribution in [3.8, 4) is 0 Å². The van der Waals surface area contributed by atoms with Gasteiger partial charge in [-0.15, -0.1) is 0 Å². The van der Waals surface area contributed by atoms with E-state index in [-0.39, 0.29) is 7.43 Å². The number of piperazine rings is 1. The number of likely N-dealkylation sites (tertiary alicyclic amines) is 2. The zero-order valence-electron chi connectivity index (χ0n) is 33.2. The highest BCUT2D eigenvalue weighted by atomic mass is 15.2. The molecule has 5 heteroatoms. The first-order valence-electron chi connectivity index (χ1n) is 19.4. The first-order valence-corrected chi connectivity index (χ1v) is 19.4. The van der Waals surface area contributed by atoms with Gasteiger partial charge in [0, 0.05) is 44.3 Å². The highest BCUT2D eigenvalue weighted by molar-refractivity contribution is 4.71. The van der Waals surface area contributed by atoms with Crippen molar-refractivity contribution in [2.75, 3.05) is 65.4 Å². The minimum Gasteiger partial charge on any atom is -0.317 e. The first-order chi connectivity index (χ1) is 20.7. The molecule has 4 aliphatic rings. The number of hydrogen-bond donors (Lipinski definition) is 2. The van der Waals surface area contributed by atoms with Crippen molar-refractivity contribution < 1.29 is 0 Å². The molecule has 274 valence electrons. The van der Waals surface area contributed by atoms with E-state index in [0.717, 1.165) is 43.1 Å². The lowest BCUT2D eigenvalue weighted by molar-refractivity contribution is 0.185. The van der Waals surface area contributed by atoms with Crippen LogP contribution in [0.15, 0.2) is 0 Å². The van der Waals surface area contributed by atoms with Crippen LogP contribution >= 0.6 is 0 Å². The van der Waals surface area contributed by atoms with E-state index in [0.29, 0.717) is 0 Å². The second-order valence-electron chi connectivity index (χ2n) is 12.2. The van der Waals surface area contributed by atoms with Crippen LogP contribution in [0.4, 0.5) is 0 Å². The minimum absolute atomic E-state index is 0. The number of hydrogen-bond acceptors (Lipinski definition) is 5. The molecule has 0 bridgehead atoms. The Kier molecular flexibility index (Phi) is 49.4. The van der Waals surface area contributed by atoms with Crippen molar-refractivity contribution >= 4 is 0 Å². The van der Waals surface area contributed by atoms with Gasteiger partial charge in [0.05, 0.1) is 0 Å². The number of piperidine rings is 2. The number of nitrogens with zero attached hydrogens (tertiary/aromatic N) is 3. The summed E-state index contributed by atoms with van der Waals surface area (Å²) in [5, 5.41) is 6.70. The maximum Gasteiger partial charge on any atom is 0.0110 e. The Morgan fingerprint density at radius 3 is 0.909 bits per heavy atom. The third kappa shape index (κ3) is 31.8. The van der Waals surface area contributed by atoms with Crippen molar-refractivity contribution in [1.29, 1.82) is 0 Å². The highest BCUT2D eigenvalue weighted by Gasteiger charge is 2.16. The van der Waals surface area contributed by atoms with Gasteiger partial charge in [-0.1, -0.05) is 83.1 Å². The second kappa shape index (κ2) is 40.8. The van der Waals surface area contributed by atoms with Crippen LogP contribution in [0.2, 0.25) is 0 Å². The van der Waals surface area contributed by atoms with E-state index in [9.17, 15) is 0 Å². The monoisotopic (exact) mass is 632 g/mol. The Hall–Kier alpha value is -0.200. The standard InChI is InChI=1S/2C8H17N.C7H16N2.C7H15N.4C2H6.CH4/c1-7(2)8-3-5-9-6-4-8;1-8(2)9-6-4-3-5-7-9;1-7(2)9-5-3-8-4-6-9;1-7(2)8-5-3-4-6-8;4*1-2;/h7-9H,3-6H2,1-2H3;8H,3-7H2,1-2H3;7-8H,3-6H2,1-2H3;7H,3-6H2,1-2H3;4*1-2H3;1H4. The highest BCUT2D eigenvalue weighted by Crippen LogP contribution is 2.20. The number of rotatable bonds is 4. The fraction of sp³-hybridized carbons (Fsp3) is 1.00. The zero-order valence-corrected chi connectivity index (χ0v) is 33.2. The number of nitrogens with one attached hydrogen (secondary N) is 2. The molecule has 0 radical (unpaired) electrons. The van der Waals surface area contributed by atoms with Gasteiger partial charge in [-0.25, -0.2) is 0 Å². The molecule has 4 fully saturated rings. The van der Waals surface area contributed by atoms with Crippen LogP contribution in [0.5, 0.6) is 0 Å². The molecule has 4 aliphatic heterocycles. The van der Waals surface area contributed by atoms with Crippen LogP contribution in [-0.4, -0.2) is 98.3 Å². The lowest BCUT2D eigenvalue weighted by Gasteiger charge is -2.30. The molecular weight excluding hydrogens is 538 g/mol. The smallest absolute Gasteiger partial charge is 0.0110 e. The summed E-state index contributed by atoms with van der Waals surface area (Å²) < 4.78 is 0. The zero-order chi connectivity index (χ0) is 34.1. The van der Waals surface area contributed by atoms with E-state index >= 15 is 0 Å². The summed E-state index contributed by atoms with van der Waals surface area (Å²) in [5.41, 5.74) is 0. The molecule has 0 aliphatic carbocycles. The maximum atomic E-state index is 3.37. The SMILES string of the molecule is C.CC.CC.CC.CC.CC(C)C1CCNCC1.CC(C)N1CCCC1.CC(C)N1CCCCC1.CC(C)N1CCNCC1. The molecule has 0 saturated carbocycles. The van der Waals surface area contributed by atoms with Crippen molar-refractivity contribution in [1.82, 2.24) is 25.3 Å². The summed E-state index contributed by atoms with van der Waals surface area (Å²) in [6.45, 7) is 46.8. The molecule has 4 saturated heterocycles. The van der Waals surface area contributed by atoms with Gasteiger partial charge < -0.3 is 20.4 Å². The summed E-state index contributed by atoms with van der Waals surface area (Å²) in [6, 6.07) is 2.27. The molecule has 0 amide bonds. The van der Waals surface area contributed by atoms with Gasteiger partial charge in [-0.05, 0) is 131 Å². The van der Waals surface area contributed by atoms with Crippen molar-refractivity contribution in [2.45, 2.75) is 181 Å². The van der Waals surface area contributed by atoms with Crippen molar-refractivity contribution in [3.05, 3.63) is 0 Å². The van der Waals surface area contributed by atoms with E-state index in [1.807, 2.05) is 55.4 Å². The predicted octanol–water partition coefficient (Wildman–Crippen LogP) is 10.1. The Bertz CT molecular complexity index is 405. The molecule has 0 spiro atoms. The molecule has 0 atom stereocenters. The summed E-state index contributed by atoms with van der Waals surface area (Å²) in [5.74, 6) is 1.89. The van der Waals surface area contributed by atoms with E-state index in [2.05, 4.69) is 80.7 Å². The van der Waals surface area contributed by atoms with Crippen LogP contribution < -0.4 is 10.6 Å². The topological polar surface area (TPSA) is 33.8 Å². The van der Waals surface area contributed by atoms with Gasteiger partial charge in [0.1, 0.15) is 0 Å². The van der Waals surface area contributed by atoms with Crippen molar-refractivity contribution in [3.63, 3.8) is 0 Å². The summed E-state index contributed by atoms with van der Waals surface area (Å²) in [6.07, 6.45) is 9.88.